The van der Waals surface area contributed by atoms with Crippen molar-refractivity contribution in [2.45, 2.75) is 38.8 Å². The molecular formula is C29H32N4O2. The highest BCUT2D eigenvalue weighted by Gasteiger charge is 2.28. The standard InChI is InChI=1S/C29H32N4O2/c1-20-15-24(30-17-20)19-33(14-13-23-18-32(2)27-6-4-3-5-25(23)27)28-11-9-22-16-21(7-10-26(22)28)8-12-29(34)31-35/h3-8,10,12,15-18,28,30,35H,9,11,13-14,19H2,1-2H3,(H,31,34). The largest absolute Gasteiger partial charge is 0.364 e. The average molecular weight is 469 g/mol. The number of rotatable bonds is 8. The van der Waals surface area contributed by atoms with Crippen LogP contribution >= 0.6 is 0 Å². The van der Waals surface area contributed by atoms with Gasteiger partial charge in [-0.05, 0) is 72.2 Å². The maximum atomic E-state index is 11.3. The van der Waals surface area contributed by atoms with Crippen LogP contribution in [0.2, 0.25) is 0 Å². The molecule has 2 aromatic heterocycles. The third kappa shape index (κ3) is 4.94. The SMILES string of the molecule is Cc1c[nH]c(CN(CCc2cn(C)c3ccccc23)C2CCc3cc(C=CC(=O)NO)ccc32)c1. The lowest BCUT2D eigenvalue weighted by molar-refractivity contribution is -0.124. The molecule has 6 heteroatoms. The molecule has 0 saturated heterocycles. The summed E-state index contributed by atoms with van der Waals surface area (Å²) in [7, 11) is 2.12. The van der Waals surface area contributed by atoms with Crippen molar-refractivity contribution in [1.82, 2.24) is 19.9 Å². The summed E-state index contributed by atoms with van der Waals surface area (Å²) >= 11 is 0. The van der Waals surface area contributed by atoms with E-state index in [0.29, 0.717) is 6.04 Å². The number of carbonyl (C=O) groups is 1. The van der Waals surface area contributed by atoms with E-state index in [1.807, 2.05) is 0 Å². The zero-order valence-electron chi connectivity index (χ0n) is 20.3. The van der Waals surface area contributed by atoms with Gasteiger partial charge in [0.2, 0.25) is 0 Å². The molecule has 0 bridgehead atoms. The predicted molar refractivity (Wildman–Crippen MR) is 139 cm³/mol. The summed E-state index contributed by atoms with van der Waals surface area (Å²) < 4.78 is 2.22. The molecule has 2 heterocycles. The Labute approximate surface area is 205 Å². The average Bonchev–Trinajstić information content (AvgIpc) is 3.57. The maximum Gasteiger partial charge on any atom is 0.267 e. The van der Waals surface area contributed by atoms with Crippen molar-refractivity contribution in [2.75, 3.05) is 6.54 Å². The van der Waals surface area contributed by atoms with Crippen LogP contribution in [0.3, 0.4) is 0 Å². The van der Waals surface area contributed by atoms with Crippen LogP contribution in [0.15, 0.2) is 67.0 Å². The third-order valence-corrected chi connectivity index (χ3v) is 7.10. The Morgan fingerprint density at radius 3 is 2.91 bits per heavy atom. The molecular weight excluding hydrogens is 436 g/mol. The second-order valence-corrected chi connectivity index (χ2v) is 9.53. The minimum Gasteiger partial charge on any atom is -0.364 e. The molecule has 35 heavy (non-hydrogen) atoms. The number of amides is 1. The van der Waals surface area contributed by atoms with Crippen LogP contribution in [-0.2, 0) is 31.2 Å². The van der Waals surface area contributed by atoms with Gasteiger partial charge in [0, 0.05) is 61.2 Å². The van der Waals surface area contributed by atoms with Gasteiger partial charge in [0.1, 0.15) is 0 Å². The Bertz CT molecular complexity index is 1380. The number of H-pyrrole nitrogens is 1. The van der Waals surface area contributed by atoms with E-state index in [2.05, 4.69) is 89.3 Å². The lowest BCUT2D eigenvalue weighted by Crippen LogP contribution is -2.29. The first-order chi connectivity index (χ1) is 17.0. The molecule has 0 fully saturated rings. The Hall–Kier alpha value is -3.61. The minimum absolute atomic E-state index is 0.349. The summed E-state index contributed by atoms with van der Waals surface area (Å²) in [5.41, 5.74) is 10.5. The number of benzene rings is 2. The van der Waals surface area contributed by atoms with Gasteiger partial charge in [-0.3, -0.25) is 14.9 Å². The summed E-state index contributed by atoms with van der Waals surface area (Å²) in [6.07, 6.45) is 10.5. The van der Waals surface area contributed by atoms with E-state index in [0.717, 1.165) is 37.9 Å². The summed E-state index contributed by atoms with van der Waals surface area (Å²) in [4.78, 5) is 17.4. The first-order valence-electron chi connectivity index (χ1n) is 12.2. The molecule has 2 aromatic carbocycles. The topological polar surface area (TPSA) is 73.3 Å². The van der Waals surface area contributed by atoms with Crippen LogP contribution in [-0.4, -0.2) is 32.1 Å². The fourth-order valence-electron chi connectivity index (χ4n) is 5.42. The molecule has 0 aliphatic heterocycles. The van der Waals surface area contributed by atoms with Crippen molar-refractivity contribution in [3.63, 3.8) is 0 Å². The lowest BCUT2D eigenvalue weighted by Gasteiger charge is -2.29. The van der Waals surface area contributed by atoms with Gasteiger partial charge >= 0.3 is 0 Å². The van der Waals surface area contributed by atoms with E-state index in [1.54, 1.807) is 11.6 Å². The van der Waals surface area contributed by atoms with Gasteiger partial charge in [-0.15, -0.1) is 0 Å². The van der Waals surface area contributed by atoms with Gasteiger partial charge in [-0.2, -0.15) is 0 Å². The molecule has 6 nitrogen and oxygen atoms in total. The zero-order chi connectivity index (χ0) is 24.4. The first kappa shape index (κ1) is 23.1. The molecule has 1 aliphatic rings. The van der Waals surface area contributed by atoms with Crippen molar-refractivity contribution in [1.29, 1.82) is 0 Å². The van der Waals surface area contributed by atoms with Crippen molar-refractivity contribution in [3.8, 4) is 0 Å². The molecule has 1 atom stereocenters. The second kappa shape index (κ2) is 9.94. The highest BCUT2D eigenvalue weighted by Crippen LogP contribution is 2.37. The number of carbonyl (C=O) groups excluding carboxylic acids is 1. The normalized spacial score (nSPS) is 15.4. The van der Waals surface area contributed by atoms with Crippen LogP contribution in [0.25, 0.3) is 17.0 Å². The Kier molecular flexibility index (Phi) is 6.57. The highest BCUT2D eigenvalue weighted by molar-refractivity contribution is 5.90. The molecule has 180 valence electrons. The summed E-state index contributed by atoms with van der Waals surface area (Å²) in [5, 5.41) is 10.1. The van der Waals surface area contributed by atoms with E-state index in [9.17, 15) is 4.79 Å². The third-order valence-electron chi connectivity index (χ3n) is 7.10. The molecule has 5 rings (SSSR count). The van der Waals surface area contributed by atoms with Gasteiger partial charge in [0.05, 0.1) is 0 Å². The highest BCUT2D eigenvalue weighted by atomic mass is 16.5. The van der Waals surface area contributed by atoms with Crippen molar-refractivity contribution < 1.29 is 10.0 Å². The summed E-state index contributed by atoms with van der Waals surface area (Å²) in [6.45, 7) is 3.97. The first-order valence-corrected chi connectivity index (χ1v) is 12.2. The number of nitrogens with zero attached hydrogens (tertiary/aromatic N) is 2. The molecule has 0 spiro atoms. The number of para-hydroxylation sites is 1. The monoisotopic (exact) mass is 468 g/mol. The molecule has 0 saturated carbocycles. The maximum absolute atomic E-state index is 11.3. The summed E-state index contributed by atoms with van der Waals surface area (Å²) in [6, 6.07) is 17.6. The number of aromatic nitrogens is 2. The van der Waals surface area contributed by atoms with Gasteiger partial charge in [-0.1, -0.05) is 36.4 Å². The number of aryl methyl sites for hydroxylation is 3. The van der Waals surface area contributed by atoms with Crippen molar-refractivity contribution >= 4 is 22.9 Å². The molecule has 1 amide bonds. The molecule has 3 N–H and O–H groups in total. The van der Waals surface area contributed by atoms with Crippen LogP contribution in [0, 0.1) is 6.92 Å². The molecule has 1 unspecified atom stereocenters. The van der Waals surface area contributed by atoms with Crippen LogP contribution in [0.5, 0.6) is 0 Å². The molecule has 0 radical (unpaired) electrons. The van der Waals surface area contributed by atoms with E-state index >= 15 is 0 Å². The van der Waals surface area contributed by atoms with Crippen molar-refractivity contribution in [3.05, 3.63) is 101 Å². The Morgan fingerprint density at radius 2 is 2.11 bits per heavy atom. The van der Waals surface area contributed by atoms with Gasteiger partial charge in [-0.25, -0.2) is 5.48 Å². The Balaban J connectivity index is 1.40. The Morgan fingerprint density at radius 1 is 1.26 bits per heavy atom. The van der Waals surface area contributed by atoms with E-state index in [-0.39, 0.29) is 0 Å². The quantitative estimate of drug-likeness (QED) is 0.192. The number of fused-ring (bicyclic) bond motifs is 2. The number of nitrogens with one attached hydrogen (secondary N) is 2. The van der Waals surface area contributed by atoms with E-state index in [1.165, 1.54) is 44.9 Å². The fourth-order valence-corrected chi connectivity index (χ4v) is 5.42. The van der Waals surface area contributed by atoms with E-state index in [4.69, 9.17) is 5.21 Å². The second-order valence-electron chi connectivity index (χ2n) is 9.53. The van der Waals surface area contributed by atoms with Crippen LogP contribution < -0.4 is 5.48 Å². The number of hydroxylamine groups is 1. The fraction of sp³-hybridized carbons (Fsp3) is 0.276. The minimum atomic E-state index is -0.524. The number of aromatic amines is 1. The van der Waals surface area contributed by atoms with Gasteiger partial charge in [0.25, 0.3) is 5.91 Å². The van der Waals surface area contributed by atoms with Crippen LogP contribution in [0.4, 0.5) is 0 Å². The van der Waals surface area contributed by atoms with Crippen molar-refractivity contribution in [2.24, 2.45) is 7.05 Å². The van der Waals surface area contributed by atoms with Gasteiger partial charge in [0.15, 0.2) is 0 Å². The smallest absolute Gasteiger partial charge is 0.267 e. The number of hydrogen-bond acceptors (Lipinski definition) is 3. The molecule has 1 aliphatic carbocycles. The van der Waals surface area contributed by atoms with E-state index < -0.39 is 5.91 Å². The van der Waals surface area contributed by atoms with Gasteiger partial charge < -0.3 is 9.55 Å². The zero-order valence-corrected chi connectivity index (χ0v) is 20.3. The lowest BCUT2D eigenvalue weighted by atomic mass is 10.0. The number of hydrogen-bond donors (Lipinski definition) is 3. The summed E-state index contributed by atoms with van der Waals surface area (Å²) in [5.74, 6) is -0.524. The molecule has 4 aromatic rings. The predicted octanol–water partition coefficient (Wildman–Crippen LogP) is 5.07. The van der Waals surface area contributed by atoms with Crippen LogP contribution in [0.1, 0.15) is 46.0 Å².